The van der Waals surface area contributed by atoms with Gasteiger partial charge in [-0.3, -0.25) is 0 Å². The number of benzene rings is 1. The molecular formula is C18H24FN3O. The largest absolute Gasteiger partial charge is 0.494 e. The minimum atomic E-state index is -0.345. The van der Waals surface area contributed by atoms with Crippen LogP contribution in [0, 0.1) is 5.82 Å². The van der Waals surface area contributed by atoms with Crippen molar-refractivity contribution in [2.45, 2.75) is 45.7 Å². The van der Waals surface area contributed by atoms with Crippen LogP contribution in [-0.4, -0.2) is 17.1 Å². The maximum atomic E-state index is 13.7. The minimum absolute atomic E-state index is 0.0233. The van der Waals surface area contributed by atoms with Gasteiger partial charge in [-0.1, -0.05) is 19.4 Å². The Morgan fingerprint density at radius 2 is 2.00 bits per heavy atom. The molecule has 1 heterocycles. The number of nitrogens with one attached hydrogen (secondary N) is 1. The molecule has 1 aromatic carbocycles. The molecule has 0 spiro atoms. The second-order valence-electron chi connectivity index (χ2n) is 5.61. The van der Waals surface area contributed by atoms with Crippen molar-refractivity contribution in [3.8, 4) is 5.75 Å². The Labute approximate surface area is 137 Å². The molecule has 0 radical (unpaired) electrons. The van der Waals surface area contributed by atoms with Gasteiger partial charge in [0.15, 0.2) is 11.6 Å². The lowest BCUT2D eigenvalue weighted by Crippen LogP contribution is -2.18. The van der Waals surface area contributed by atoms with E-state index in [1.807, 2.05) is 25.4 Å². The molecule has 5 heteroatoms. The number of methoxy groups -OCH3 is 1. The van der Waals surface area contributed by atoms with Crippen molar-refractivity contribution in [2.24, 2.45) is 0 Å². The zero-order valence-electron chi connectivity index (χ0n) is 14.0. The van der Waals surface area contributed by atoms with Gasteiger partial charge in [-0.25, -0.2) is 14.4 Å². The summed E-state index contributed by atoms with van der Waals surface area (Å²) in [6.45, 7) is 4.79. The van der Waals surface area contributed by atoms with Crippen LogP contribution in [0.15, 0.2) is 30.6 Å². The third kappa shape index (κ3) is 4.99. The summed E-state index contributed by atoms with van der Waals surface area (Å²) in [7, 11) is 1.46. The topological polar surface area (TPSA) is 47.0 Å². The van der Waals surface area contributed by atoms with Crippen molar-refractivity contribution in [2.75, 3.05) is 7.11 Å². The van der Waals surface area contributed by atoms with E-state index < -0.39 is 0 Å². The Hall–Kier alpha value is -2.01. The zero-order chi connectivity index (χ0) is 16.7. The van der Waals surface area contributed by atoms with Crippen LogP contribution in [0.5, 0.6) is 5.75 Å². The summed E-state index contributed by atoms with van der Waals surface area (Å²) in [5.74, 6) is 0.806. The van der Waals surface area contributed by atoms with Crippen LogP contribution < -0.4 is 10.1 Å². The number of hydrogen-bond donors (Lipinski definition) is 1. The molecule has 0 fully saturated rings. The molecule has 1 atom stereocenters. The van der Waals surface area contributed by atoms with Gasteiger partial charge in [0.1, 0.15) is 5.82 Å². The average Bonchev–Trinajstić information content (AvgIpc) is 2.58. The van der Waals surface area contributed by atoms with Gasteiger partial charge in [-0.2, -0.15) is 0 Å². The summed E-state index contributed by atoms with van der Waals surface area (Å²) >= 11 is 0. The number of hydrogen-bond acceptors (Lipinski definition) is 4. The first-order valence-corrected chi connectivity index (χ1v) is 8.00. The monoisotopic (exact) mass is 317 g/mol. The Morgan fingerprint density at radius 3 is 2.61 bits per heavy atom. The average molecular weight is 317 g/mol. The van der Waals surface area contributed by atoms with Crippen LogP contribution in [0.2, 0.25) is 0 Å². The molecule has 0 aliphatic carbocycles. The fourth-order valence-electron chi connectivity index (χ4n) is 2.28. The molecule has 0 saturated heterocycles. The molecule has 0 bridgehead atoms. The smallest absolute Gasteiger partial charge is 0.165 e. The number of unbranched alkanes of at least 4 members (excludes halogenated alkanes) is 1. The van der Waals surface area contributed by atoms with Gasteiger partial charge in [0.2, 0.25) is 0 Å². The quantitative estimate of drug-likeness (QED) is 0.804. The molecule has 2 rings (SSSR count). The summed E-state index contributed by atoms with van der Waals surface area (Å²) in [4.78, 5) is 8.75. The first kappa shape index (κ1) is 17.3. The van der Waals surface area contributed by atoms with Crippen molar-refractivity contribution in [1.82, 2.24) is 15.3 Å². The van der Waals surface area contributed by atoms with E-state index in [9.17, 15) is 4.39 Å². The van der Waals surface area contributed by atoms with E-state index >= 15 is 0 Å². The second kappa shape index (κ2) is 8.58. The predicted molar refractivity (Wildman–Crippen MR) is 88.9 cm³/mol. The Kier molecular flexibility index (Phi) is 6.47. The Bertz CT molecular complexity index is 616. The van der Waals surface area contributed by atoms with Crippen molar-refractivity contribution >= 4 is 0 Å². The summed E-state index contributed by atoms with van der Waals surface area (Å²) in [6, 6.07) is 5.04. The van der Waals surface area contributed by atoms with Gasteiger partial charge in [0.25, 0.3) is 0 Å². The summed E-state index contributed by atoms with van der Waals surface area (Å²) < 4.78 is 18.7. The number of halogens is 1. The molecule has 23 heavy (non-hydrogen) atoms. The van der Waals surface area contributed by atoms with Crippen LogP contribution in [0.3, 0.4) is 0 Å². The third-order valence-electron chi connectivity index (χ3n) is 3.80. The maximum Gasteiger partial charge on any atom is 0.165 e. The molecule has 4 nitrogen and oxygen atoms in total. The Balaban J connectivity index is 1.90. The zero-order valence-corrected chi connectivity index (χ0v) is 14.0. The molecule has 0 amide bonds. The van der Waals surface area contributed by atoms with E-state index in [0.29, 0.717) is 6.54 Å². The van der Waals surface area contributed by atoms with Gasteiger partial charge >= 0.3 is 0 Å². The first-order chi connectivity index (χ1) is 11.1. The molecular weight excluding hydrogens is 293 g/mol. The van der Waals surface area contributed by atoms with Crippen LogP contribution in [0.25, 0.3) is 0 Å². The Morgan fingerprint density at radius 1 is 1.26 bits per heavy atom. The standard InChI is InChI=1S/C18H24FN3O/c1-4-5-6-18-21-11-14(12-22-18)10-20-13(2)15-7-8-17(23-3)16(19)9-15/h7-9,11-13,20H,4-6,10H2,1-3H3/t13-/m0/s1. The van der Waals surface area contributed by atoms with Gasteiger partial charge in [0.05, 0.1) is 7.11 Å². The van der Waals surface area contributed by atoms with E-state index in [2.05, 4.69) is 22.2 Å². The third-order valence-corrected chi connectivity index (χ3v) is 3.80. The number of nitrogens with zero attached hydrogens (tertiary/aromatic N) is 2. The highest BCUT2D eigenvalue weighted by molar-refractivity contribution is 5.30. The SMILES string of the molecule is CCCCc1ncc(CN[C@@H](C)c2ccc(OC)c(F)c2)cn1. The second-order valence-corrected chi connectivity index (χ2v) is 5.61. The molecule has 0 unspecified atom stereocenters. The molecule has 1 N–H and O–H groups in total. The lowest BCUT2D eigenvalue weighted by molar-refractivity contribution is 0.385. The van der Waals surface area contributed by atoms with E-state index in [4.69, 9.17) is 4.74 Å². The van der Waals surface area contributed by atoms with Crippen LogP contribution in [0.4, 0.5) is 4.39 Å². The van der Waals surface area contributed by atoms with Gasteiger partial charge in [-0.05, 0) is 31.0 Å². The summed E-state index contributed by atoms with van der Waals surface area (Å²) in [6.07, 6.45) is 6.88. The number of aryl methyl sites for hydroxylation is 1. The van der Waals surface area contributed by atoms with Crippen molar-refractivity contribution < 1.29 is 9.13 Å². The van der Waals surface area contributed by atoms with Crippen molar-refractivity contribution in [1.29, 1.82) is 0 Å². The van der Waals surface area contributed by atoms with Crippen LogP contribution >= 0.6 is 0 Å². The van der Waals surface area contributed by atoms with Crippen LogP contribution in [-0.2, 0) is 13.0 Å². The summed E-state index contributed by atoms with van der Waals surface area (Å²) in [5, 5.41) is 3.36. The molecule has 0 aliphatic rings. The van der Waals surface area contributed by atoms with Crippen molar-refractivity contribution in [3.63, 3.8) is 0 Å². The molecule has 2 aromatic rings. The lowest BCUT2D eigenvalue weighted by Gasteiger charge is -2.15. The summed E-state index contributed by atoms with van der Waals surface area (Å²) in [5.41, 5.74) is 1.90. The van der Waals surface area contributed by atoms with E-state index in [1.165, 1.54) is 13.2 Å². The van der Waals surface area contributed by atoms with Crippen molar-refractivity contribution in [3.05, 3.63) is 53.4 Å². The fourth-order valence-corrected chi connectivity index (χ4v) is 2.28. The minimum Gasteiger partial charge on any atom is -0.494 e. The fraction of sp³-hybridized carbons (Fsp3) is 0.444. The van der Waals surface area contributed by atoms with E-state index in [0.717, 1.165) is 36.2 Å². The lowest BCUT2D eigenvalue weighted by atomic mass is 10.1. The normalized spacial score (nSPS) is 12.2. The molecule has 124 valence electrons. The van der Waals surface area contributed by atoms with E-state index in [1.54, 1.807) is 6.07 Å². The first-order valence-electron chi connectivity index (χ1n) is 8.00. The molecule has 1 aromatic heterocycles. The maximum absolute atomic E-state index is 13.7. The van der Waals surface area contributed by atoms with Gasteiger partial charge < -0.3 is 10.1 Å². The highest BCUT2D eigenvalue weighted by Crippen LogP contribution is 2.21. The number of ether oxygens (including phenoxy) is 1. The molecule has 0 aliphatic heterocycles. The highest BCUT2D eigenvalue weighted by atomic mass is 19.1. The number of aromatic nitrogens is 2. The number of rotatable bonds is 8. The van der Waals surface area contributed by atoms with Gasteiger partial charge in [-0.15, -0.1) is 0 Å². The van der Waals surface area contributed by atoms with Gasteiger partial charge in [0, 0.05) is 37.0 Å². The highest BCUT2D eigenvalue weighted by Gasteiger charge is 2.09. The predicted octanol–water partition coefficient (Wildman–Crippen LogP) is 3.82. The molecule has 0 saturated carbocycles. The van der Waals surface area contributed by atoms with E-state index in [-0.39, 0.29) is 17.6 Å². The van der Waals surface area contributed by atoms with Crippen LogP contribution in [0.1, 0.15) is 49.7 Å².